The normalized spacial score (nSPS) is 22.4. The van der Waals surface area contributed by atoms with Crippen molar-refractivity contribution < 1.29 is 42.3 Å². The molecule has 4 aromatic rings. The third-order valence-electron chi connectivity index (χ3n) is 12.9. The molecule has 1 aliphatic carbocycles. The number of thiazole rings is 1. The largest absolute Gasteiger partial charge is 0.433 e. The van der Waals surface area contributed by atoms with Gasteiger partial charge < -0.3 is 20.6 Å². The number of carbonyl (C=O) groups excluding carboxylic acids is 5. The van der Waals surface area contributed by atoms with Crippen molar-refractivity contribution in [2.75, 3.05) is 36.8 Å². The average Bonchev–Trinajstić information content (AvgIpc) is 3.78. The fourth-order valence-corrected chi connectivity index (χ4v) is 10.3. The molecular formula is C44H49F3N8O6S. The molecule has 18 heteroatoms. The second-order valence-electron chi connectivity index (χ2n) is 17.0. The molecule has 6 heterocycles. The summed E-state index contributed by atoms with van der Waals surface area (Å²) in [6.07, 6.45) is 1.82. The third-order valence-corrected chi connectivity index (χ3v) is 14.0. The number of hydrogen-bond acceptors (Lipinski definition) is 12. The van der Waals surface area contributed by atoms with Gasteiger partial charge in [0.1, 0.15) is 17.4 Å². The van der Waals surface area contributed by atoms with Crippen LogP contribution < -0.4 is 16.0 Å². The van der Waals surface area contributed by atoms with Crippen LogP contribution in [0.15, 0.2) is 42.5 Å². The summed E-state index contributed by atoms with van der Waals surface area (Å²) in [5.74, 6) is -2.04. The Morgan fingerprint density at radius 2 is 1.66 bits per heavy atom. The molecule has 1 aromatic carbocycles. The molecule has 3 atom stereocenters. The van der Waals surface area contributed by atoms with Gasteiger partial charge in [-0.25, -0.2) is 15.0 Å². The van der Waals surface area contributed by atoms with Crippen LogP contribution >= 0.6 is 11.3 Å². The van der Waals surface area contributed by atoms with E-state index in [1.807, 2.05) is 0 Å². The molecule has 0 spiro atoms. The number of alkyl halides is 3. The maximum atomic E-state index is 13.4. The number of likely N-dealkylation sites (tertiary alicyclic amines) is 1. The van der Waals surface area contributed by atoms with E-state index in [0.717, 1.165) is 91.3 Å². The minimum atomic E-state index is -4.70. The van der Waals surface area contributed by atoms with E-state index in [2.05, 4.69) is 25.8 Å². The molecular weight excluding hydrogens is 826 g/mol. The van der Waals surface area contributed by atoms with Gasteiger partial charge in [-0.3, -0.25) is 34.2 Å². The van der Waals surface area contributed by atoms with Gasteiger partial charge in [-0.15, -0.1) is 11.3 Å². The number of piperidine rings is 2. The highest BCUT2D eigenvalue weighted by Crippen LogP contribution is 2.41. The number of hydrogen-bond donors (Lipinski definition) is 4. The van der Waals surface area contributed by atoms with E-state index in [1.54, 1.807) is 38.1 Å². The molecule has 5 amide bonds. The molecule has 2 saturated heterocycles. The monoisotopic (exact) mass is 874 g/mol. The van der Waals surface area contributed by atoms with E-state index in [9.17, 15) is 42.3 Å². The molecule has 0 bridgehead atoms. The third kappa shape index (κ3) is 9.08. The first-order valence-electron chi connectivity index (χ1n) is 21.3. The molecule has 1 saturated carbocycles. The lowest BCUT2D eigenvalue weighted by Gasteiger charge is -2.36. The van der Waals surface area contributed by atoms with Gasteiger partial charge in [0.15, 0.2) is 5.65 Å². The van der Waals surface area contributed by atoms with Crippen LogP contribution in [0.1, 0.15) is 131 Å². The van der Waals surface area contributed by atoms with Crippen LogP contribution in [0.5, 0.6) is 0 Å². The highest BCUT2D eigenvalue weighted by molar-refractivity contribution is 7.18. The van der Waals surface area contributed by atoms with E-state index in [0.29, 0.717) is 41.1 Å². The van der Waals surface area contributed by atoms with Crippen LogP contribution in [-0.2, 0) is 15.8 Å². The first-order chi connectivity index (χ1) is 29.6. The van der Waals surface area contributed by atoms with E-state index in [4.69, 9.17) is 9.97 Å². The number of aliphatic hydroxyl groups excluding tert-OH is 1. The first kappa shape index (κ1) is 43.3. The number of amides is 5. The molecule has 3 aromatic heterocycles. The summed E-state index contributed by atoms with van der Waals surface area (Å²) in [6.45, 7) is 7.08. The van der Waals surface area contributed by atoms with Gasteiger partial charge in [-0.2, -0.15) is 13.2 Å². The van der Waals surface area contributed by atoms with Gasteiger partial charge in [-0.05, 0) is 114 Å². The van der Waals surface area contributed by atoms with Crippen molar-refractivity contribution in [1.82, 2.24) is 30.1 Å². The van der Waals surface area contributed by atoms with Crippen molar-refractivity contribution in [3.8, 4) is 0 Å². The Morgan fingerprint density at radius 1 is 0.919 bits per heavy atom. The molecule has 328 valence electrons. The molecule has 14 nitrogen and oxygen atoms in total. The number of rotatable bonds is 12. The lowest BCUT2D eigenvalue weighted by molar-refractivity contribution is -0.141. The van der Waals surface area contributed by atoms with E-state index in [1.165, 1.54) is 17.4 Å². The Hall–Kier alpha value is -5.33. The zero-order chi connectivity index (χ0) is 43.9. The standard InChI is InChI=1S/C44H49F3N8O6S/c1-23(24(2)56)37-31(50-39(58)30-7-4-8-34(49-30)44(45,46)47)21-33-38(52-37)53-41(62-33)27-11-9-26(10-12-27)22-54-19-16-25(17-20-54)15-18-48-29-6-3-5-28-36(29)43(61)55(42(28)60)32-13-14-35(57)51-40(32)59/h3-8,21,23-27,32,48,56H,9-20,22H2,1-2H3,(H,50,58)(H,51,57,59). The van der Waals surface area contributed by atoms with Crippen LogP contribution in [0.2, 0.25) is 0 Å². The summed E-state index contributed by atoms with van der Waals surface area (Å²) in [5.41, 5.74) is 0.755. The van der Waals surface area contributed by atoms with Crippen molar-refractivity contribution in [3.05, 3.63) is 75.7 Å². The lowest BCUT2D eigenvalue weighted by Crippen LogP contribution is -2.54. The highest BCUT2D eigenvalue weighted by atomic mass is 32.1. The summed E-state index contributed by atoms with van der Waals surface area (Å²) >= 11 is 1.50. The van der Waals surface area contributed by atoms with Crippen molar-refractivity contribution in [3.63, 3.8) is 0 Å². The topological polar surface area (TPSA) is 187 Å². The Balaban J connectivity index is 0.817. The highest BCUT2D eigenvalue weighted by Gasteiger charge is 2.45. The molecule has 4 aliphatic rings. The van der Waals surface area contributed by atoms with E-state index < -0.39 is 59.5 Å². The number of nitrogens with one attached hydrogen (secondary N) is 3. The van der Waals surface area contributed by atoms with Gasteiger partial charge in [-0.1, -0.05) is 19.1 Å². The van der Waals surface area contributed by atoms with E-state index in [-0.39, 0.29) is 35.6 Å². The maximum absolute atomic E-state index is 13.4. The predicted molar refractivity (Wildman–Crippen MR) is 225 cm³/mol. The number of fused-ring (bicyclic) bond motifs is 2. The minimum absolute atomic E-state index is 0.0697. The quantitative estimate of drug-likeness (QED) is 0.111. The Kier molecular flexibility index (Phi) is 12.4. The molecule has 3 fully saturated rings. The second kappa shape index (κ2) is 17.8. The van der Waals surface area contributed by atoms with Crippen LogP contribution in [0.3, 0.4) is 0 Å². The Labute approximate surface area is 360 Å². The number of nitrogens with zero attached hydrogens (tertiary/aromatic N) is 5. The van der Waals surface area contributed by atoms with Gasteiger partial charge in [0.2, 0.25) is 11.8 Å². The fraction of sp³-hybridized carbons (Fsp3) is 0.500. The predicted octanol–water partition coefficient (Wildman–Crippen LogP) is 6.73. The average molecular weight is 875 g/mol. The van der Waals surface area contributed by atoms with Gasteiger partial charge in [0.05, 0.1) is 38.3 Å². The Bertz CT molecular complexity index is 2390. The fourth-order valence-electron chi connectivity index (χ4n) is 9.14. The summed E-state index contributed by atoms with van der Waals surface area (Å²) in [4.78, 5) is 80.6. The molecule has 4 N–H and O–H groups in total. The SMILES string of the molecule is CC(O)C(C)c1nc2nc(C3CCC(CN4CCC(CCNc5cccc6c5C(=O)N(C5CCC(=O)NC5=O)C6=O)CC4)CC3)sc2cc1NC(=O)c1cccc(C(F)(F)F)n1. The van der Waals surface area contributed by atoms with Crippen LogP contribution in [0.25, 0.3) is 10.3 Å². The Morgan fingerprint density at radius 3 is 2.37 bits per heavy atom. The summed E-state index contributed by atoms with van der Waals surface area (Å²) in [6, 6.07) is 9.01. The van der Waals surface area contributed by atoms with Gasteiger partial charge >= 0.3 is 6.18 Å². The second-order valence-corrected chi connectivity index (χ2v) is 18.1. The molecule has 3 unspecified atom stereocenters. The number of aromatic nitrogens is 3. The zero-order valence-electron chi connectivity index (χ0n) is 34.5. The molecule has 62 heavy (non-hydrogen) atoms. The van der Waals surface area contributed by atoms with Crippen molar-refractivity contribution >= 4 is 62.6 Å². The van der Waals surface area contributed by atoms with Crippen molar-refractivity contribution in [1.29, 1.82) is 0 Å². The number of carbonyl (C=O) groups is 5. The number of pyridine rings is 2. The first-order valence-corrected chi connectivity index (χ1v) is 22.1. The summed E-state index contributed by atoms with van der Waals surface area (Å²) in [5, 5.41) is 19.7. The van der Waals surface area contributed by atoms with Crippen LogP contribution in [0.4, 0.5) is 24.5 Å². The number of halogens is 3. The van der Waals surface area contributed by atoms with Gasteiger partial charge in [0, 0.05) is 37.0 Å². The van der Waals surface area contributed by atoms with Crippen molar-refractivity contribution in [2.24, 2.45) is 11.8 Å². The van der Waals surface area contributed by atoms with Gasteiger partial charge in [0.25, 0.3) is 17.7 Å². The number of aliphatic hydroxyl groups is 1. The lowest BCUT2D eigenvalue weighted by atomic mass is 9.81. The molecule has 8 rings (SSSR count). The number of benzene rings is 1. The van der Waals surface area contributed by atoms with Crippen LogP contribution in [-0.4, -0.2) is 97.7 Å². The van der Waals surface area contributed by atoms with E-state index >= 15 is 0 Å². The zero-order valence-corrected chi connectivity index (χ0v) is 35.3. The summed E-state index contributed by atoms with van der Waals surface area (Å²) in [7, 11) is 0. The van der Waals surface area contributed by atoms with Crippen molar-refractivity contribution in [2.45, 2.75) is 102 Å². The number of imide groups is 2. The maximum Gasteiger partial charge on any atom is 0.433 e. The molecule has 0 radical (unpaired) electrons. The number of anilines is 2. The molecule has 3 aliphatic heterocycles. The smallest absolute Gasteiger partial charge is 0.393 e. The summed E-state index contributed by atoms with van der Waals surface area (Å²) < 4.78 is 40.6. The van der Waals surface area contributed by atoms with Crippen LogP contribution in [0, 0.1) is 11.8 Å². The minimum Gasteiger partial charge on any atom is -0.393 e.